The summed E-state index contributed by atoms with van der Waals surface area (Å²) < 4.78 is 10.7. The Hall–Kier alpha value is -3.35. The molecule has 7 nitrogen and oxygen atoms in total. The van der Waals surface area contributed by atoms with Crippen LogP contribution in [0.1, 0.15) is 24.5 Å². The van der Waals surface area contributed by atoms with Gasteiger partial charge in [0, 0.05) is 12.5 Å². The summed E-state index contributed by atoms with van der Waals surface area (Å²) in [6.07, 6.45) is 0.157. The van der Waals surface area contributed by atoms with E-state index in [2.05, 4.69) is 5.32 Å². The number of esters is 1. The van der Waals surface area contributed by atoms with E-state index in [0.29, 0.717) is 17.1 Å². The minimum Gasteiger partial charge on any atom is -0.481 e. The molecule has 3 rings (SSSR count). The monoisotopic (exact) mass is 396 g/mol. The van der Waals surface area contributed by atoms with Gasteiger partial charge in [-0.1, -0.05) is 30.3 Å². The highest BCUT2D eigenvalue weighted by Gasteiger charge is 2.30. The molecule has 1 N–H and O–H groups in total. The van der Waals surface area contributed by atoms with Gasteiger partial charge in [-0.3, -0.25) is 9.59 Å². The van der Waals surface area contributed by atoms with E-state index in [9.17, 15) is 14.4 Å². The van der Waals surface area contributed by atoms with E-state index in [0.717, 1.165) is 11.1 Å². The van der Waals surface area contributed by atoms with Gasteiger partial charge in [-0.05, 0) is 44.0 Å². The highest BCUT2D eigenvalue weighted by Crippen LogP contribution is 2.31. The van der Waals surface area contributed by atoms with Crippen molar-refractivity contribution in [1.29, 1.82) is 0 Å². The number of carbonyl (C=O) groups excluding carboxylic acids is 3. The van der Waals surface area contributed by atoms with Crippen LogP contribution >= 0.6 is 0 Å². The summed E-state index contributed by atoms with van der Waals surface area (Å²) in [7, 11) is 0. The maximum Gasteiger partial charge on any atom is 0.344 e. The number of para-hydroxylation sites is 3. The largest absolute Gasteiger partial charge is 0.481 e. The molecule has 0 spiro atoms. The van der Waals surface area contributed by atoms with E-state index in [1.54, 1.807) is 31.2 Å². The number of fused-ring (bicyclic) bond motifs is 1. The maximum absolute atomic E-state index is 12.8. The number of hydrogen-bond acceptors (Lipinski definition) is 5. The van der Waals surface area contributed by atoms with Crippen LogP contribution in [0.25, 0.3) is 0 Å². The molecule has 0 aromatic heterocycles. The highest BCUT2D eigenvalue weighted by molar-refractivity contribution is 6.05. The van der Waals surface area contributed by atoms with Crippen molar-refractivity contribution >= 4 is 29.2 Å². The van der Waals surface area contributed by atoms with Crippen LogP contribution < -0.4 is 15.0 Å². The van der Waals surface area contributed by atoms with Crippen molar-refractivity contribution in [3.63, 3.8) is 0 Å². The Bertz CT molecular complexity index is 920. The van der Waals surface area contributed by atoms with Gasteiger partial charge < -0.3 is 19.7 Å². The Morgan fingerprint density at radius 2 is 1.76 bits per heavy atom. The lowest BCUT2D eigenvalue weighted by atomic mass is 10.1. The molecule has 0 bridgehead atoms. The number of hydrogen-bond donors (Lipinski definition) is 1. The lowest BCUT2D eigenvalue weighted by Crippen LogP contribution is -2.41. The van der Waals surface area contributed by atoms with Crippen molar-refractivity contribution in [2.75, 3.05) is 23.4 Å². The topological polar surface area (TPSA) is 84.9 Å². The molecule has 2 aromatic rings. The third kappa shape index (κ3) is 4.74. The molecule has 152 valence electrons. The summed E-state index contributed by atoms with van der Waals surface area (Å²) in [5.74, 6) is -0.567. The standard InChI is InChI=1S/C22H24N2O5/c1-14-7-6-8-15(2)22(14)29-13-21(27)28-12-20(26)24-16(3)11-19(25)23-17-9-4-5-10-18(17)24/h4-10,16H,11-13H2,1-3H3,(H,23,25)/t16-/m0/s1. The van der Waals surface area contributed by atoms with Crippen molar-refractivity contribution in [3.05, 3.63) is 53.6 Å². The maximum atomic E-state index is 12.8. The van der Waals surface area contributed by atoms with Crippen molar-refractivity contribution in [3.8, 4) is 5.75 Å². The van der Waals surface area contributed by atoms with Gasteiger partial charge in [0.2, 0.25) is 5.91 Å². The number of rotatable bonds is 5. The molecular formula is C22H24N2O5. The predicted molar refractivity (Wildman–Crippen MR) is 109 cm³/mol. The summed E-state index contributed by atoms with van der Waals surface area (Å²) in [5.41, 5.74) is 2.97. The summed E-state index contributed by atoms with van der Waals surface area (Å²) in [4.78, 5) is 38.4. The van der Waals surface area contributed by atoms with E-state index in [-0.39, 0.29) is 25.0 Å². The minimum atomic E-state index is -0.633. The van der Waals surface area contributed by atoms with Gasteiger partial charge in [0.1, 0.15) is 5.75 Å². The van der Waals surface area contributed by atoms with E-state index in [1.807, 2.05) is 32.0 Å². The average molecular weight is 396 g/mol. The summed E-state index contributed by atoms with van der Waals surface area (Å²) in [5, 5.41) is 2.79. The molecule has 0 saturated carbocycles. The Labute approximate surface area is 169 Å². The Balaban J connectivity index is 1.62. The SMILES string of the molecule is Cc1cccc(C)c1OCC(=O)OCC(=O)N1c2ccccc2NC(=O)C[C@@H]1C. The van der Waals surface area contributed by atoms with Gasteiger partial charge in [-0.2, -0.15) is 0 Å². The third-order valence-electron chi connectivity index (χ3n) is 4.73. The van der Waals surface area contributed by atoms with Gasteiger partial charge in [-0.15, -0.1) is 0 Å². The number of anilines is 2. The van der Waals surface area contributed by atoms with Crippen molar-refractivity contribution in [1.82, 2.24) is 0 Å². The van der Waals surface area contributed by atoms with E-state index < -0.39 is 18.5 Å². The fourth-order valence-electron chi connectivity index (χ4n) is 3.38. The van der Waals surface area contributed by atoms with Crippen molar-refractivity contribution in [2.45, 2.75) is 33.2 Å². The van der Waals surface area contributed by atoms with Crippen LogP contribution in [0.3, 0.4) is 0 Å². The molecule has 1 aliphatic rings. The van der Waals surface area contributed by atoms with Crippen LogP contribution in [0, 0.1) is 13.8 Å². The Kier molecular flexibility index (Phi) is 6.16. The second-order valence-corrected chi connectivity index (χ2v) is 7.05. The minimum absolute atomic E-state index is 0.157. The first-order valence-corrected chi connectivity index (χ1v) is 9.42. The molecule has 1 atom stereocenters. The Morgan fingerprint density at radius 1 is 1.07 bits per heavy atom. The number of nitrogens with zero attached hydrogens (tertiary/aromatic N) is 1. The first-order valence-electron chi connectivity index (χ1n) is 9.42. The van der Waals surface area contributed by atoms with E-state index in [4.69, 9.17) is 9.47 Å². The second-order valence-electron chi connectivity index (χ2n) is 7.05. The molecule has 0 saturated heterocycles. The summed E-state index contributed by atoms with van der Waals surface area (Å²) >= 11 is 0. The molecule has 0 aliphatic carbocycles. The van der Waals surface area contributed by atoms with Crippen LogP contribution in [0.2, 0.25) is 0 Å². The third-order valence-corrected chi connectivity index (χ3v) is 4.73. The van der Waals surface area contributed by atoms with Crippen LogP contribution in [0.15, 0.2) is 42.5 Å². The van der Waals surface area contributed by atoms with Gasteiger partial charge in [0.25, 0.3) is 5.91 Å². The lowest BCUT2D eigenvalue weighted by molar-refractivity contribution is -0.150. The van der Waals surface area contributed by atoms with Gasteiger partial charge in [-0.25, -0.2) is 4.79 Å². The molecule has 1 heterocycles. The second kappa shape index (κ2) is 8.77. The first-order chi connectivity index (χ1) is 13.9. The van der Waals surface area contributed by atoms with Crippen molar-refractivity contribution < 1.29 is 23.9 Å². The zero-order valence-corrected chi connectivity index (χ0v) is 16.7. The smallest absolute Gasteiger partial charge is 0.344 e. The van der Waals surface area contributed by atoms with Gasteiger partial charge in [0.15, 0.2) is 13.2 Å². The van der Waals surface area contributed by atoms with Crippen LogP contribution in [-0.4, -0.2) is 37.0 Å². The zero-order chi connectivity index (χ0) is 21.0. The average Bonchev–Trinajstić information content (AvgIpc) is 2.80. The zero-order valence-electron chi connectivity index (χ0n) is 16.7. The van der Waals surface area contributed by atoms with Gasteiger partial charge >= 0.3 is 5.97 Å². The lowest BCUT2D eigenvalue weighted by Gasteiger charge is -2.27. The number of amides is 2. The summed E-state index contributed by atoms with van der Waals surface area (Å²) in [6, 6.07) is 12.4. The quantitative estimate of drug-likeness (QED) is 0.786. The van der Waals surface area contributed by atoms with E-state index in [1.165, 1.54) is 4.90 Å². The van der Waals surface area contributed by atoms with Crippen LogP contribution in [0.4, 0.5) is 11.4 Å². The molecule has 0 fully saturated rings. The van der Waals surface area contributed by atoms with Gasteiger partial charge in [0.05, 0.1) is 11.4 Å². The number of ether oxygens (including phenoxy) is 2. The number of aryl methyl sites for hydroxylation is 2. The highest BCUT2D eigenvalue weighted by atomic mass is 16.6. The summed E-state index contributed by atoms with van der Waals surface area (Å²) in [6.45, 7) is 4.85. The first kappa shape index (κ1) is 20.4. The number of carbonyl (C=O) groups is 3. The molecule has 7 heteroatoms. The normalized spacial score (nSPS) is 15.8. The molecule has 1 aliphatic heterocycles. The number of benzene rings is 2. The van der Waals surface area contributed by atoms with Crippen LogP contribution in [0.5, 0.6) is 5.75 Å². The fraction of sp³-hybridized carbons (Fsp3) is 0.318. The van der Waals surface area contributed by atoms with Crippen LogP contribution in [-0.2, 0) is 19.1 Å². The van der Waals surface area contributed by atoms with Crippen molar-refractivity contribution in [2.24, 2.45) is 0 Å². The molecule has 29 heavy (non-hydrogen) atoms. The Morgan fingerprint density at radius 3 is 2.48 bits per heavy atom. The molecular weight excluding hydrogens is 372 g/mol. The molecule has 2 aromatic carbocycles. The number of nitrogens with one attached hydrogen (secondary N) is 1. The van der Waals surface area contributed by atoms with E-state index >= 15 is 0 Å². The molecule has 0 radical (unpaired) electrons. The molecule has 0 unspecified atom stereocenters. The predicted octanol–water partition coefficient (Wildman–Crippen LogP) is 2.99. The fourth-order valence-corrected chi connectivity index (χ4v) is 3.38. The molecule has 2 amide bonds.